The molecule has 0 saturated carbocycles. The Balaban J connectivity index is 2.03. The summed E-state index contributed by atoms with van der Waals surface area (Å²) in [5.74, 6) is -1.92. The van der Waals surface area contributed by atoms with Crippen LogP contribution in [-0.4, -0.2) is 31.4 Å². The van der Waals surface area contributed by atoms with Crippen molar-refractivity contribution in [3.63, 3.8) is 0 Å². The van der Waals surface area contributed by atoms with E-state index >= 15 is 0 Å². The zero-order chi connectivity index (χ0) is 20.9. The van der Waals surface area contributed by atoms with Gasteiger partial charge in [0.25, 0.3) is 5.91 Å². The number of hydrogen-bond donors (Lipinski definition) is 3. The predicted octanol–water partition coefficient (Wildman–Crippen LogP) is 2.66. The van der Waals surface area contributed by atoms with Gasteiger partial charge in [0.15, 0.2) is 0 Å². The number of rotatable bonds is 8. The molecule has 28 heavy (non-hydrogen) atoms. The number of aliphatic carboxylic acids is 1. The number of carbonyl (C=O) groups is 2. The Morgan fingerprint density at radius 1 is 1.04 bits per heavy atom. The van der Waals surface area contributed by atoms with Crippen molar-refractivity contribution in [1.29, 1.82) is 0 Å². The van der Waals surface area contributed by atoms with Gasteiger partial charge in [0.2, 0.25) is 10.0 Å². The molecule has 7 nitrogen and oxygen atoms in total. The van der Waals surface area contributed by atoms with E-state index in [1.165, 1.54) is 12.1 Å². The third kappa shape index (κ3) is 5.79. The molecule has 2 aromatic rings. The van der Waals surface area contributed by atoms with Crippen molar-refractivity contribution in [3.05, 3.63) is 64.7 Å². The number of carboxylic acids is 1. The maximum atomic E-state index is 12.4. The van der Waals surface area contributed by atoms with Gasteiger partial charge in [0.1, 0.15) is 6.04 Å². The zero-order valence-electron chi connectivity index (χ0n) is 15.3. The Morgan fingerprint density at radius 2 is 1.61 bits per heavy atom. The standard InChI is InChI=1S/C19H21ClN2O5S/c1-12(2)17(19(24)25)22-28(26,27)16-9-3-13(4-10-16)11-21-18(23)14-5-7-15(20)8-6-14/h3-10,12,17,22H,11H2,1-2H3,(H,21,23)(H,24,25)/t17-/m0/s1. The van der Waals surface area contributed by atoms with Crippen LogP contribution < -0.4 is 10.0 Å². The summed E-state index contributed by atoms with van der Waals surface area (Å²) < 4.78 is 27.0. The summed E-state index contributed by atoms with van der Waals surface area (Å²) >= 11 is 5.79. The molecule has 0 saturated heterocycles. The van der Waals surface area contributed by atoms with Crippen LogP contribution >= 0.6 is 11.6 Å². The van der Waals surface area contributed by atoms with E-state index in [9.17, 15) is 18.0 Å². The fraction of sp³-hybridized carbons (Fsp3) is 0.263. The van der Waals surface area contributed by atoms with E-state index in [-0.39, 0.29) is 17.3 Å². The monoisotopic (exact) mass is 424 g/mol. The lowest BCUT2D eigenvalue weighted by Gasteiger charge is -2.18. The quantitative estimate of drug-likeness (QED) is 0.603. The van der Waals surface area contributed by atoms with Crippen molar-refractivity contribution in [2.75, 3.05) is 0 Å². The minimum Gasteiger partial charge on any atom is -0.480 e. The fourth-order valence-electron chi connectivity index (χ4n) is 2.38. The van der Waals surface area contributed by atoms with Crippen molar-refractivity contribution in [1.82, 2.24) is 10.0 Å². The second kappa shape index (κ2) is 9.18. The van der Waals surface area contributed by atoms with Gasteiger partial charge in [-0.25, -0.2) is 8.42 Å². The molecule has 150 valence electrons. The first kappa shape index (κ1) is 21.9. The molecular weight excluding hydrogens is 404 g/mol. The molecule has 0 bridgehead atoms. The van der Waals surface area contributed by atoms with E-state index in [2.05, 4.69) is 10.0 Å². The van der Waals surface area contributed by atoms with Crippen LogP contribution in [0.4, 0.5) is 0 Å². The number of hydrogen-bond acceptors (Lipinski definition) is 4. The average molecular weight is 425 g/mol. The molecule has 9 heteroatoms. The number of benzene rings is 2. The van der Waals surface area contributed by atoms with Gasteiger partial charge in [0.05, 0.1) is 4.90 Å². The van der Waals surface area contributed by atoms with Crippen molar-refractivity contribution >= 4 is 33.5 Å². The van der Waals surface area contributed by atoms with Crippen molar-refractivity contribution in [2.45, 2.75) is 31.3 Å². The molecule has 0 heterocycles. The number of nitrogens with one attached hydrogen (secondary N) is 2. The van der Waals surface area contributed by atoms with Gasteiger partial charge in [-0.2, -0.15) is 4.72 Å². The molecule has 2 aromatic carbocycles. The highest BCUT2D eigenvalue weighted by atomic mass is 35.5. The summed E-state index contributed by atoms with van der Waals surface area (Å²) in [6, 6.07) is 11.1. The molecule has 0 radical (unpaired) electrons. The van der Waals surface area contributed by atoms with E-state index < -0.39 is 28.0 Å². The van der Waals surface area contributed by atoms with E-state index in [1.807, 2.05) is 0 Å². The van der Waals surface area contributed by atoms with Gasteiger partial charge in [-0.05, 0) is 47.9 Å². The minimum absolute atomic E-state index is 0.0489. The smallest absolute Gasteiger partial charge is 0.322 e. The molecule has 0 aliphatic heterocycles. The highest BCUT2D eigenvalue weighted by molar-refractivity contribution is 7.89. The first-order chi connectivity index (χ1) is 13.1. The number of amides is 1. The van der Waals surface area contributed by atoms with Crippen LogP contribution in [0.2, 0.25) is 5.02 Å². The lowest BCUT2D eigenvalue weighted by molar-refractivity contribution is -0.140. The molecule has 0 fully saturated rings. The predicted molar refractivity (Wildman–Crippen MR) is 106 cm³/mol. The highest BCUT2D eigenvalue weighted by Crippen LogP contribution is 2.14. The molecule has 1 atom stereocenters. The minimum atomic E-state index is -3.98. The summed E-state index contributed by atoms with van der Waals surface area (Å²) in [5.41, 5.74) is 1.15. The maximum Gasteiger partial charge on any atom is 0.322 e. The first-order valence-electron chi connectivity index (χ1n) is 8.48. The third-order valence-electron chi connectivity index (χ3n) is 4.01. The normalized spacial score (nSPS) is 12.6. The van der Waals surface area contributed by atoms with Gasteiger partial charge in [0, 0.05) is 17.1 Å². The highest BCUT2D eigenvalue weighted by Gasteiger charge is 2.27. The number of halogens is 1. The topological polar surface area (TPSA) is 113 Å². The van der Waals surface area contributed by atoms with E-state index in [1.54, 1.807) is 50.2 Å². The summed E-state index contributed by atoms with van der Waals surface area (Å²) in [6.07, 6.45) is 0. The second-order valence-corrected chi connectivity index (χ2v) is 8.67. The van der Waals surface area contributed by atoms with Crippen LogP contribution in [0, 0.1) is 5.92 Å². The molecular formula is C19H21ClN2O5S. The third-order valence-corrected chi connectivity index (χ3v) is 5.72. The van der Waals surface area contributed by atoms with Crippen molar-refractivity contribution in [3.8, 4) is 0 Å². The summed E-state index contributed by atoms with van der Waals surface area (Å²) in [6.45, 7) is 3.44. The average Bonchev–Trinajstić information content (AvgIpc) is 2.64. The summed E-state index contributed by atoms with van der Waals surface area (Å²) in [7, 11) is -3.98. The van der Waals surface area contributed by atoms with Crippen molar-refractivity contribution < 1.29 is 23.1 Å². The summed E-state index contributed by atoms with van der Waals surface area (Å²) in [5, 5.41) is 12.4. The van der Waals surface area contributed by atoms with Gasteiger partial charge in [-0.1, -0.05) is 37.6 Å². The molecule has 0 aromatic heterocycles. The molecule has 0 spiro atoms. The van der Waals surface area contributed by atoms with E-state index in [0.717, 1.165) is 0 Å². The van der Waals surface area contributed by atoms with Crippen LogP contribution in [0.5, 0.6) is 0 Å². The molecule has 0 aliphatic carbocycles. The van der Waals surface area contributed by atoms with Gasteiger partial charge < -0.3 is 10.4 Å². The Morgan fingerprint density at radius 3 is 2.11 bits per heavy atom. The van der Waals surface area contributed by atoms with Crippen LogP contribution in [-0.2, 0) is 21.4 Å². The van der Waals surface area contributed by atoms with Gasteiger partial charge >= 0.3 is 5.97 Å². The largest absolute Gasteiger partial charge is 0.480 e. The Hall–Kier alpha value is -2.42. The Labute approximate surface area is 168 Å². The Kier molecular flexibility index (Phi) is 7.17. The van der Waals surface area contributed by atoms with Crippen LogP contribution in [0.1, 0.15) is 29.8 Å². The molecule has 1 amide bonds. The zero-order valence-corrected chi connectivity index (χ0v) is 16.9. The molecule has 3 N–H and O–H groups in total. The maximum absolute atomic E-state index is 12.4. The van der Waals surface area contributed by atoms with Crippen LogP contribution in [0.25, 0.3) is 0 Å². The van der Waals surface area contributed by atoms with E-state index in [4.69, 9.17) is 16.7 Å². The van der Waals surface area contributed by atoms with Crippen LogP contribution in [0.15, 0.2) is 53.4 Å². The second-order valence-electron chi connectivity index (χ2n) is 6.51. The van der Waals surface area contributed by atoms with E-state index in [0.29, 0.717) is 16.1 Å². The van der Waals surface area contributed by atoms with Gasteiger partial charge in [-0.15, -0.1) is 0 Å². The fourth-order valence-corrected chi connectivity index (χ4v) is 3.84. The SMILES string of the molecule is CC(C)[C@H](NS(=O)(=O)c1ccc(CNC(=O)c2ccc(Cl)cc2)cc1)C(=O)O. The first-order valence-corrected chi connectivity index (χ1v) is 10.3. The number of carbonyl (C=O) groups excluding carboxylic acids is 1. The van der Waals surface area contributed by atoms with Crippen LogP contribution in [0.3, 0.4) is 0 Å². The Bertz CT molecular complexity index is 941. The number of carboxylic acid groups (broad SMARTS) is 1. The number of sulfonamides is 1. The molecule has 2 rings (SSSR count). The lowest BCUT2D eigenvalue weighted by atomic mass is 10.1. The van der Waals surface area contributed by atoms with Gasteiger partial charge in [-0.3, -0.25) is 9.59 Å². The molecule has 0 aliphatic rings. The molecule has 0 unspecified atom stereocenters. The summed E-state index contributed by atoms with van der Waals surface area (Å²) in [4.78, 5) is 23.3. The lowest BCUT2D eigenvalue weighted by Crippen LogP contribution is -2.44. The van der Waals surface area contributed by atoms with Crippen molar-refractivity contribution in [2.24, 2.45) is 5.92 Å².